The summed E-state index contributed by atoms with van der Waals surface area (Å²) in [6.45, 7) is 2.26. The van der Waals surface area contributed by atoms with Gasteiger partial charge in [0.2, 0.25) is 0 Å². The topological polar surface area (TPSA) is 63.2 Å². The van der Waals surface area contributed by atoms with E-state index in [0.717, 1.165) is 17.0 Å². The van der Waals surface area contributed by atoms with Crippen LogP contribution in [0.5, 0.6) is 0 Å². The molecule has 3 aromatic rings. The van der Waals surface area contributed by atoms with E-state index in [9.17, 15) is 9.59 Å². The molecule has 27 heavy (non-hydrogen) atoms. The predicted octanol–water partition coefficient (Wildman–Crippen LogP) is 3.84. The van der Waals surface area contributed by atoms with Crippen molar-refractivity contribution < 1.29 is 9.59 Å². The highest BCUT2D eigenvalue weighted by molar-refractivity contribution is 7.99. The lowest BCUT2D eigenvalue weighted by atomic mass is 10.1. The van der Waals surface area contributed by atoms with E-state index in [1.807, 2.05) is 43.3 Å². The third-order valence-electron chi connectivity index (χ3n) is 4.33. The van der Waals surface area contributed by atoms with Crippen LogP contribution in [0.3, 0.4) is 0 Å². The Kier molecular flexibility index (Phi) is 4.73. The number of rotatable bonds is 5. The summed E-state index contributed by atoms with van der Waals surface area (Å²) in [6, 6.07) is 18.8. The van der Waals surface area contributed by atoms with E-state index in [1.165, 1.54) is 16.7 Å². The Bertz CT molecular complexity index is 986. The van der Waals surface area contributed by atoms with Gasteiger partial charge in [-0.1, -0.05) is 54.2 Å². The minimum absolute atomic E-state index is 0.230. The van der Waals surface area contributed by atoms with Gasteiger partial charge in [-0.15, -0.1) is 0 Å². The number of fused-ring (bicyclic) bond motifs is 1. The van der Waals surface area contributed by atoms with Crippen molar-refractivity contribution in [1.82, 2.24) is 14.9 Å². The van der Waals surface area contributed by atoms with Gasteiger partial charge >= 0.3 is 0 Å². The SMILES string of the molecule is Cc1cc(-c2ccccc2)nc(SCCN2C(=O)c3ccccc3C2=O)n1. The number of benzene rings is 2. The maximum absolute atomic E-state index is 12.4. The molecular formula is C21H17N3O2S. The van der Waals surface area contributed by atoms with Gasteiger partial charge in [0.25, 0.3) is 11.8 Å². The predicted molar refractivity (Wildman–Crippen MR) is 105 cm³/mol. The van der Waals surface area contributed by atoms with E-state index in [1.54, 1.807) is 24.3 Å². The summed E-state index contributed by atoms with van der Waals surface area (Å²) in [5, 5.41) is 0.644. The molecule has 6 heteroatoms. The van der Waals surface area contributed by atoms with Crippen LogP contribution in [-0.4, -0.2) is 39.0 Å². The molecule has 4 rings (SSSR count). The van der Waals surface area contributed by atoms with Gasteiger partial charge in [-0.3, -0.25) is 14.5 Å². The van der Waals surface area contributed by atoms with Crippen LogP contribution in [0.2, 0.25) is 0 Å². The minimum atomic E-state index is -0.230. The average Bonchev–Trinajstić information content (AvgIpc) is 2.93. The number of hydrogen-bond acceptors (Lipinski definition) is 5. The van der Waals surface area contributed by atoms with Gasteiger partial charge < -0.3 is 0 Å². The molecule has 0 aliphatic carbocycles. The van der Waals surface area contributed by atoms with Gasteiger partial charge in [0.05, 0.1) is 16.8 Å². The lowest BCUT2D eigenvalue weighted by molar-refractivity contribution is 0.0664. The molecule has 2 heterocycles. The van der Waals surface area contributed by atoms with Crippen molar-refractivity contribution in [3.05, 3.63) is 77.5 Å². The first-order chi connectivity index (χ1) is 13.1. The van der Waals surface area contributed by atoms with Crippen LogP contribution in [-0.2, 0) is 0 Å². The van der Waals surface area contributed by atoms with E-state index >= 15 is 0 Å². The Balaban J connectivity index is 1.45. The highest BCUT2D eigenvalue weighted by Gasteiger charge is 2.34. The van der Waals surface area contributed by atoms with Crippen LogP contribution in [0, 0.1) is 6.92 Å². The van der Waals surface area contributed by atoms with E-state index < -0.39 is 0 Å². The van der Waals surface area contributed by atoms with Crippen molar-refractivity contribution in [3.63, 3.8) is 0 Å². The fourth-order valence-corrected chi connectivity index (χ4v) is 3.86. The number of imide groups is 1. The Hall–Kier alpha value is -2.99. The molecule has 0 fully saturated rings. The number of carbonyl (C=O) groups excluding carboxylic acids is 2. The molecule has 5 nitrogen and oxygen atoms in total. The zero-order chi connectivity index (χ0) is 18.8. The number of carbonyl (C=O) groups is 2. The lowest BCUT2D eigenvalue weighted by Gasteiger charge is -2.13. The number of nitrogens with zero attached hydrogens (tertiary/aromatic N) is 3. The van der Waals surface area contributed by atoms with E-state index in [-0.39, 0.29) is 11.8 Å². The highest BCUT2D eigenvalue weighted by Crippen LogP contribution is 2.25. The highest BCUT2D eigenvalue weighted by atomic mass is 32.2. The van der Waals surface area contributed by atoms with Crippen molar-refractivity contribution >= 4 is 23.6 Å². The summed E-state index contributed by atoms with van der Waals surface area (Å²) in [4.78, 5) is 35.2. The fourth-order valence-electron chi connectivity index (χ4n) is 3.03. The van der Waals surface area contributed by atoms with E-state index in [2.05, 4.69) is 9.97 Å². The molecule has 0 N–H and O–H groups in total. The zero-order valence-electron chi connectivity index (χ0n) is 14.8. The Morgan fingerprint density at radius 1 is 0.889 bits per heavy atom. The van der Waals surface area contributed by atoms with Crippen LogP contribution in [0.1, 0.15) is 26.4 Å². The quantitative estimate of drug-likeness (QED) is 0.385. The van der Waals surface area contributed by atoms with Crippen LogP contribution in [0.25, 0.3) is 11.3 Å². The third-order valence-corrected chi connectivity index (χ3v) is 5.15. The van der Waals surface area contributed by atoms with Crippen LogP contribution in [0.4, 0.5) is 0 Å². The maximum atomic E-state index is 12.4. The molecule has 2 aromatic carbocycles. The van der Waals surface area contributed by atoms with Gasteiger partial charge in [-0.25, -0.2) is 9.97 Å². The standard InChI is InChI=1S/C21H17N3O2S/c1-14-13-18(15-7-3-2-4-8-15)23-21(22-14)27-12-11-24-19(25)16-9-5-6-10-17(16)20(24)26/h2-10,13H,11-12H2,1H3. The maximum Gasteiger partial charge on any atom is 0.261 e. The second-order valence-electron chi connectivity index (χ2n) is 6.20. The Morgan fingerprint density at radius 2 is 1.52 bits per heavy atom. The first-order valence-corrected chi connectivity index (χ1v) is 9.61. The molecule has 134 valence electrons. The van der Waals surface area contributed by atoms with Gasteiger partial charge in [0.1, 0.15) is 0 Å². The van der Waals surface area contributed by atoms with Gasteiger partial charge in [0, 0.05) is 23.6 Å². The van der Waals surface area contributed by atoms with Crippen molar-refractivity contribution in [2.45, 2.75) is 12.1 Å². The molecule has 2 amide bonds. The van der Waals surface area contributed by atoms with Gasteiger partial charge in [-0.05, 0) is 25.1 Å². The molecule has 1 aliphatic heterocycles. The second kappa shape index (κ2) is 7.32. The van der Waals surface area contributed by atoms with Crippen molar-refractivity contribution in [3.8, 4) is 11.3 Å². The zero-order valence-corrected chi connectivity index (χ0v) is 15.6. The Morgan fingerprint density at radius 3 is 2.19 bits per heavy atom. The summed E-state index contributed by atoms with van der Waals surface area (Å²) in [7, 11) is 0. The van der Waals surface area contributed by atoms with E-state index in [4.69, 9.17) is 0 Å². The van der Waals surface area contributed by atoms with Crippen LogP contribution >= 0.6 is 11.8 Å². The monoisotopic (exact) mass is 375 g/mol. The Labute approximate surface area is 161 Å². The third kappa shape index (κ3) is 3.48. The molecule has 0 atom stereocenters. The first kappa shape index (κ1) is 17.4. The van der Waals surface area contributed by atoms with Crippen LogP contribution in [0.15, 0.2) is 65.8 Å². The molecule has 1 aliphatic rings. The van der Waals surface area contributed by atoms with Crippen LogP contribution < -0.4 is 0 Å². The van der Waals surface area contributed by atoms with Gasteiger partial charge in [0.15, 0.2) is 5.16 Å². The summed E-state index contributed by atoms with van der Waals surface area (Å²) in [5.74, 6) is 0.0843. The first-order valence-electron chi connectivity index (χ1n) is 8.62. The molecular weight excluding hydrogens is 358 g/mol. The molecule has 1 aromatic heterocycles. The lowest BCUT2D eigenvalue weighted by Crippen LogP contribution is -2.31. The minimum Gasteiger partial charge on any atom is -0.273 e. The summed E-state index contributed by atoms with van der Waals surface area (Å²) >= 11 is 1.44. The molecule has 0 saturated carbocycles. The largest absolute Gasteiger partial charge is 0.273 e. The fraction of sp³-hybridized carbons (Fsp3) is 0.143. The number of aryl methyl sites for hydroxylation is 1. The number of thioether (sulfide) groups is 1. The number of hydrogen-bond donors (Lipinski definition) is 0. The molecule has 0 unspecified atom stereocenters. The molecule has 0 radical (unpaired) electrons. The van der Waals surface area contributed by atoms with E-state index in [0.29, 0.717) is 28.6 Å². The second-order valence-corrected chi connectivity index (χ2v) is 7.26. The molecule has 0 bridgehead atoms. The average molecular weight is 375 g/mol. The normalized spacial score (nSPS) is 13.1. The molecule has 0 saturated heterocycles. The van der Waals surface area contributed by atoms with Crippen molar-refractivity contribution in [1.29, 1.82) is 0 Å². The van der Waals surface area contributed by atoms with Gasteiger partial charge in [-0.2, -0.15) is 0 Å². The summed E-state index contributed by atoms with van der Waals surface area (Å²) in [6.07, 6.45) is 0. The summed E-state index contributed by atoms with van der Waals surface area (Å²) in [5.41, 5.74) is 3.74. The number of amides is 2. The molecule has 0 spiro atoms. The summed E-state index contributed by atoms with van der Waals surface area (Å²) < 4.78 is 0. The van der Waals surface area contributed by atoms with Crippen molar-refractivity contribution in [2.24, 2.45) is 0 Å². The smallest absolute Gasteiger partial charge is 0.261 e. The number of aromatic nitrogens is 2. The van der Waals surface area contributed by atoms with Crippen molar-refractivity contribution in [2.75, 3.05) is 12.3 Å².